The van der Waals surface area contributed by atoms with E-state index in [1.165, 1.54) is 44.5 Å². The number of rotatable bonds is 5. The summed E-state index contributed by atoms with van der Waals surface area (Å²) in [5.74, 6) is 1.57. The fraction of sp³-hybridized carbons (Fsp3) is 0.727. The molecule has 0 aliphatic carbocycles. The molecule has 3 fully saturated rings. The fourth-order valence-electron chi connectivity index (χ4n) is 5.73. The molecule has 3 aliphatic rings. The highest BCUT2D eigenvalue weighted by Gasteiger charge is 2.46. The largest absolute Gasteiger partial charge is 0.355 e. The van der Waals surface area contributed by atoms with Crippen molar-refractivity contribution in [1.82, 2.24) is 20.1 Å². The van der Waals surface area contributed by atoms with Crippen LogP contribution in [0, 0.1) is 18.8 Å². The van der Waals surface area contributed by atoms with Crippen molar-refractivity contribution in [3.8, 4) is 0 Å². The number of nitrogens with one attached hydrogen (secondary N) is 1. The molecule has 27 heavy (non-hydrogen) atoms. The van der Waals surface area contributed by atoms with E-state index in [1.807, 2.05) is 0 Å². The smallest absolute Gasteiger partial charge is 0.216 e. The zero-order chi connectivity index (χ0) is 18.8. The molecule has 1 aromatic rings. The van der Waals surface area contributed by atoms with Crippen LogP contribution < -0.4 is 5.32 Å². The van der Waals surface area contributed by atoms with Crippen LogP contribution in [0.4, 0.5) is 0 Å². The number of carbonyl (C=O) groups excluding carboxylic acids is 1. The lowest BCUT2D eigenvalue weighted by Gasteiger charge is -2.57. The van der Waals surface area contributed by atoms with Crippen molar-refractivity contribution in [2.75, 3.05) is 32.7 Å². The van der Waals surface area contributed by atoms with Gasteiger partial charge in [-0.05, 0) is 56.7 Å². The molecule has 0 unspecified atom stereocenters. The van der Waals surface area contributed by atoms with E-state index in [1.54, 1.807) is 6.92 Å². The molecule has 0 radical (unpaired) electrons. The van der Waals surface area contributed by atoms with Crippen LogP contribution in [-0.2, 0) is 11.2 Å². The first-order valence-corrected chi connectivity index (χ1v) is 10.7. The van der Waals surface area contributed by atoms with Gasteiger partial charge in [-0.15, -0.1) is 0 Å². The van der Waals surface area contributed by atoms with Crippen LogP contribution in [0.25, 0.3) is 0 Å². The maximum Gasteiger partial charge on any atom is 0.216 e. The zero-order valence-corrected chi connectivity index (χ0v) is 16.9. The Morgan fingerprint density at radius 2 is 2.11 bits per heavy atom. The van der Waals surface area contributed by atoms with Gasteiger partial charge in [0, 0.05) is 63.0 Å². The molecule has 4 rings (SSSR count). The maximum atomic E-state index is 11.5. The molecule has 1 N–H and O–H groups in total. The topological polar surface area (TPSA) is 48.5 Å². The standard InChI is InChI=1S/C22H34N4O/c1-16-6-5-7-20(24-16)9-11-25-14-18-12-19(15-25)22(13-23-17(2)27)26-10-4-3-8-21(18)26/h5-7,18-19,21-22H,3-4,8-15H2,1-2H3,(H,23,27)/t18-,19+,21+,22+/m1/s1. The van der Waals surface area contributed by atoms with Crippen molar-refractivity contribution in [3.63, 3.8) is 0 Å². The maximum absolute atomic E-state index is 11.5. The predicted octanol–water partition coefficient (Wildman–Crippen LogP) is 2.24. The number of aromatic nitrogens is 1. The Morgan fingerprint density at radius 1 is 1.26 bits per heavy atom. The summed E-state index contributed by atoms with van der Waals surface area (Å²) in [5.41, 5.74) is 2.32. The number of likely N-dealkylation sites (tertiary alicyclic amines) is 1. The van der Waals surface area contributed by atoms with Crippen LogP contribution >= 0.6 is 0 Å². The van der Waals surface area contributed by atoms with Crippen LogP contribution in [0.5, 0.6) is 0 Å². The number of nitrogens with zero attached hydrogens (tertiary/aromatic N) is 3. The lowest BCUT2D eigenvalue weighted by atomic mass is 9.72. The molecule has 2 bridgehead atoms. The summed E-state index contributed by atoms with van der Waals surface area (Å²) in [6.07, 6.45) is 6.38. The number of amides is 1. The Kier molecular flexibility index (Phi) is 5.79. The van der Waals surface area contributed by atoms with Crippen LogP contribution in [0.15, 0.2) is 18.2 Å². The summed E-state index contributed by atoms with van der Waals surface area (Å²) in [4.78, 5) is 21.6. The van der Waals surface area contributed by atoms with Crippen LogP contribution in [0.3, 0.4) is 0 Å². The average Bonchev–Trinajstić information content (AvgIpc) is 2.66. The molecule has 4 heterocycles. The Hall–Kier alpha value is -1.46. The normalized spacial score (nSPS) is 31.3. The first-order chi connectivity index (χ1) is 13.1. The SMILES string of the molecule is CC(=O)NC[C@H]1[C@H]2C[C@H](CN(CCc3cccc(C)n3)C2)[C@@H]2CCCCN21. The predicted molar refractivity (Wildman–Crippen MR) is 108 cm³/mol. The molecular weight excluding hydrogens is 336 g/mol. The van der Waals surface area contributed by atoms with Gasteiger partial charge in [-0.3, -0.25) is 14.7 Å². The van der Waals surface area contributed by atoms with Gasteiger partial charge in [0.25, 0.3) is 0 Å². The molecule has 0 aromatic carbocycles. The fourth-order valence-corrected chi connectivity index (χ4v) is 5.73. The highest BCUT2D eigenvalue weighted by molar-refractivity contribution is 5.72. The third kappa shape index (κ3) is 4.35. The van der Waals surface area contributed by atoms with Gasteiger partial charge in [-0.2, -0.15) is 0 Å². The van der Waals surface area contributed by atoms with Crippen molar-refractivity contribution in [3.05, 3.63) is 29.6 Å². The average molecular weight is 371 g/mol. The molecule has 148 valence electrons. The van der Waals surface area contributed by atoms with E-state index in [-0.39, 0.29) is 5.91 Å². The third-order valence-electron chi connectivity index (χ3n) is 6.89. The van der Waals surface area contributed by atoms with Crippen molar-refractivity contribution in [1.29, 1.82) is 0 Å². The summed E-state index contributed by atoms with van der Waals surface area (Å²) in [5, 5.41) is 3.12. The highest BCUT2D eigenvalue weighted by atomic mass is 16.1. The van der Waals surface area contributed by atoms with Crippen molar-refractivity contribution < 1.29 is 4.79 Å². The van der Waals surface area contributed by atoms with Crippen LogP contribution in [0.1, 0.15) is 44.0 Å². The molecule has 3 saturated heterocycles. The molecular formula is C22H34N4O. The summed E-state index contributed by atoms with van der Waals surface area (Å²) >= 11 is 0. The number of hydrogen-bond acceptors (Lipinski definition) is 4. The van der Waals surface area contributed by atoms with E-state index in [4.69, 9.17) is 0 Å². The summed E-state index contributed by atoms with van der Waals surface area (Å²) in [6, 6.07) is 7.56. The van der Waals surface area contributed by atoms with E-state index in [9.17, 15) is 4.79 Å². The number of carbonyl (C=O) groups is 1. The number of piperidine rings is 3. The second-order valence-corrected chi connectivity index (χ2v) is 8.84. The molecule has 0 saturated carbocycles. The van der Waals surface area contributed by atoms with Crippen molar-refractivity contribution in [2.24, 2.45) is 11.8 Å². The Labute approximate surface area is 163 Å². The second kappa shape index (κ2) is 8.27. The minimum absolute atomic E-state index is 0.101. The number of aryl methyl sites for hydroxylation is 1. The first-order valence-electron chi connectivity index (χ1n) is 10.7. The molecule has 5 heteroatoms. The molecule has 0 spiro atoms. The number of pyridine rings is 1. The van der Waals surface area contributed by atoms with Gasteiger partial charge in [0.15, 0.2) is 0 Å². The zero-order valence-electron chi connectivity index (χ0n) is 16.9. The summed E-state index contributed by atoms with van der Waals surface area (Å²) < 4.78 is 0. The van der Waals surface area contributed by atoms with Gasteiger partial charge >= 0.3 is 0 Å². The minimum Gasteiger partial charge on any atom is -0.355 e. The Bertz CT molecular complexity index is 663. The summed E-state index contributed by atoms with van der Waals surface area (Å²) in [6.45, 7) is 9.24. The molecule has 3 aliphatic heterocycles. The summed E-state index contributed by atoms with van der Waals surface area (Å²) in [7, 11) is 0. The highest BCUT2D eigenvalue weighted by Crippen LogP contribution is 2.40. The molecule has 4 atom stereocenters. The lowest BCUT2D eigenvalue weighted by Crippen LogP contribution is -2.65. The molecule has 1 amide bonds. The van der Waals surface area contributed by atoms with E-state index in [2.05, 4.69) is 45.2 Å². The van der Waals surface area contributed by atoms with Gasteiger partial charge < -0.3 is 10.2 Å². The van der Waals surface area contributed by atoms with E-state index in [0.29, 0.717) is 18.0 Å². The quantitative estimate of drug-likeness (QED) is 0.864. The first kappa shape index (κ1) is 18.9. The van der Waals surface area contributed by atoms with Gasteiger partial charge in [-0.25, -0.2) is 0 Å². The minimum atomic E-state index is 0.101. The van der Waals surface area contributed by atoms with Crippen molar-refractivity contribution in [2.45, 2.75) is 58.0 Å². The number of hydrogen-bond donors (Lipinski definition) is 1. The van der Waals surface area contributed by atoms with E-state index < -0.39 is 0 Å². The van der Waals surface area contributed by atoms with Gasteiger partial charge in [0.1, 0.15) is 0 Å². The third-order valence-corrected chi connectivity index (χ3v) is 6.89. The van der Waals surface area contributed by atoms with Gasteiger partial charge in [-0.1, -0.05) is 12.5 Å². The Balaban J connectivity index is 1.43. The van der Waals surface area contributed by atoms with Gasteiger partial charge in [0.2, 0.25) is 5.91 Å². The van der Waals surface area contributed by atoms with E-state index >= 15 is 0 Å². The molecule has 1 aromatic heterocycles. The molecule has 5 nitrogen and oxygen atoms in total. The monoisotopic (exact) mass is 370 g/mol. The van der Waals surface area contributed by atoms with Crippen LogP contribution in [-0.4, -0.2) is 65.5 Å². The lowest BCUT2D eigenvalue weighted by molar-refractivity contribution is -0.120. The number of fused-ring (bicyclic) bond motifs is 4. The Morgan fingerprint density at radius 3 is 2.93 bits per heavy atom. The van der Waals surface area contributed by atoms with Gasteiger partial charge in [0.05, 0.1) is 0 Å². The van der Waals surface area contributed by atoms with Crippen LogP contribution in [0.2, 0.25) is 0 Å². The van der Waals surface area contributed by atoms with Crippen molar-refractivity contribution >= 4 is 5.91 Å². The second-order valence-electron chi connectivity index (χ2n) is 8.84. The van der Waals surface area contributed by atoms with E-state index in [0.717, 1.165) is 37.7 Å².